The normalized spacial score (nSPS) is 11.1. The molecule has 0 atom stereocenters. The van der Waals surface area contributed by atoms with Crippen LogP contribution in [0.25, 0.3) is 0 Å². The van der Waals surface area contributed by atoms with Crippen LogP contribution >= 0.6 is 0 Å². The van der Waals surface area contributed by atoms with Gasteiger partial charge in [-0.25, -0.2) is 0 Å². The zero-order valence-electron chi connectivity index (χ0n) is 14.6. The number of hydrogen-bond donors (Lipinski definition) is 1. The second-order valence-electron chi connectivity index (χ2n) is 5.76. The van der Waals surface area contributed by atoms with E-state index in [9.17, 15) is 8.42 Å². The van der Waals surface area contributed by atoms with Crippen molar-refractivity contribution in [3.63, 3.8) is 0 Å². The number of unbranched alkanes of at least 4 members (excludes halogenated alkanes) is 11. The molecule has 0 heterocycles. The Morgan fingerprint density at radius 3 is 1.24 bits per heavy atom. The van der Waals surface area contributed by atoms with E-state index in [0.29, 0.717) is 0 Å². The maximum atomic E-state index is 9.56. The molecule has 0 aliphatic carbocycles. The van der Waals surface area contributed by atoms with E-state index in [4.69, 9.17) is 4.55 Å². The Labute approximate surface area is 150 Å². The molecule has 0 aromatic carbocycles. The second kappa shape index (κ2) is 19.0. The minimum absolute atomic E-state index is 0.201. The van der Waals surface area contributed by atoms with Crippen LogP contribution in [0.3, 0.4) is 0 Å². The van der Waals surface area contributed by atoms with Gasteiger partial charge in [-0.2, -0.15) is 8.42 Å². The third-order valence-corrected chi connectivity index (χ3v) is 5.01. The standard InChI is InChI=1S/C14H29.C2H6O3S.Na/c1-3-5-7-9-11-13-14-12-10-8-6-4-2;1-2-6(3,4)5;/h1,3-14H2,2H3;2H2,1H3,(H,3,4,5);. The van der Waals surface area contributed by atoms with E-state index in [0.717, 1.165) is 0 Å². The van der Waals surface area contributed by atoms with Gasteiger partial charge in [0.05, 0.1) is 5.75 Å². The van der Waals surface area contributed by atoms with Crippen molar-refractivity contribution in [1.82, 2.24) is 0 Å². The quantitative estimate of drug-likeness (QED) is 0.288. The van der Waals surface area contributed by atoms with Crippen molar-refractivity contribution in [3.8, 4) is 0 Å². The van der Waals surface area contributed by atoms with Crippen LogP contribution in [-0.2, 0) is 10.1 Å². The molecular formula is C16H35NaO3S. The smallest absolute Gasteiger partial charge is 0.264 e. The van der Waals surface area contributed by atoms with Crippen LogP contribution in [0.4, 0.5) is 0 Å². The average Bonchev–Trinajstić information content (AvgIpc) is 2.45. The first-order chi connectivity index (χ1) is 9.97. The largest absolute Gasteiger partial charge is 0.286 e. The van der Waals surface area contributed by atoms with E-state index < -0.39 is 10.1 Å². The molecule has 21 heavy (non-hydrogen) atoms. The van der Waals surface area contributed by atoms with Crippen molar-refractivity contribution in [2.45, 2.75) is 94.6 Å². The van der Waals surface area contributed by atoms with Gasteiger partial charge in [-0.05, 0) is 6.92 Å². The second-order valence-corrected chi connectivity index (χ2v) is 8.50. The summed E-state index contributed by atoms with van der Waals surface area (Å²) in [7, 11) is -3.66. The van der Waals surface area contributed by atoms with Gasteiger partial charge in [-0.3, -0.25) is 4.55 Å². The van der Waals surface area contributed by atoms with Crippen LogP contribution in [0.15, 0.2) is 0 Å². The zero-order valence-corrected chi connectivity index (χ0v) is 17.4. The molecule has 0 aromatic rings. The van der Waals surface area contributed by atoms with Crippen molar-refractivity contribution in [2.24, 2.45) is 0 Å². The molecule has 124 valence electrons. The fourth-order valence-corrected chi connectivity index (χ4v) is 2.59. The average molecular weight is 331 g/mol. The van der Waals surface area contributed by atoms with Gasteiger partial charge in [0.15, 0.2) is 0 Å². The van der Waals surface area contributed by atoms with Gasteiger partial charge in [0.25, 0.3) is 10.1 Å². The molecule has 0 rings (SSSR count). The van der Waals surface area contributed by atoms with Gasteiger partial charge < -0.3 is 0 Å². The van der Waals surface area contributed by atoms with Crippen LogP contribution in [-0.4, -0.2) is 46.7 Å². The summed E-state index contributed by atoms with van der Waals surface area (Å²) >= 11 is 1.41. The molecule has 1 N–H and O–H groups in total. The van der Waals surface area contributed by atoms with E-state index in [2.05, 4.69) is 6.92 Å². The summed E-state index contributed by atoms with van der Waals surface area (Å²) in [6.07, 6.45) is 17.7. The van der Waals surface area contributed by atoms with Crippen molar-refractivity contribution >= 4 is 38.0 Å². The van der Waals surface area contributed by atoms with Crippen LogP contribution in [0.1, 0.15) is 90.9 Å². The third kappa shape index (κ3) is 29.5. The van der Waals surface area contributed by atoms with E-state index >= 15 is 0 Å². The van der Waals surface area contributed by atoms with Gasteiger partial charge in [-0.1, -0.05) is 13.3 Å². The Morgan fingerprint density at radius 2 is 1.00 bits per heavy atom. The molecule has 0 bridgehead atoms. The molecular weight excluding hydrogens is 295 g/mol. The number of rotatable bonds is 13. The van der Waals surface area contributed by atoms with Crippen molar-refractivity contribution in [3.05, 3.63) is 0 Å². The molecule has 0 saturated carbocycles. The van der Waals surface area contributed by atoms with Crippen molar-refractivity contribution < 1.29 is 13.0 Å². The van der Waals surface area contributed by atoms with Gasteiger partial charge in [0, 0.05) is 0 Å². The molecule has 3 nitrogen and oxygen atoms in total. The summed E-state index contributed by atoms with van der Waals surface area (Å²) in [5, 5.41) is 0. The van der Waals surface area contributed by atoms with Gasteiger partial charge in [0.2, 0.25) is 0 Å². The Bertz CT molecular complexity index is 267. The Morgan fingerprint density at radius 1 is 0.714 bits per heavy atom. The van der Waals surface area contributed by atoms with Gasteiger partial charge in [-0.15, -0.1) is 0 Å². The SMILES string of the molecule is CCCCCCCCCCCCC[CH2][Na].CCS(=O)(=O)O. The summed E-state index contributed by atoms with van der Waals surface area (Å²) in [4.78, 5) is 0. The molecule has 0 aromatic heterocycles. The van der Waals surface area contributed by atoms with E-state index in [-0.39, 0.29) is 5.75 Å². The minimum Gasteiger partial charge on any atom is -0.286 e. The van der Waals surface area contributed by atoms with Crippen LogP contribution in [0.2, 0.25) is 3.67 Å². The maximum absolute atomic E-state index is 9.56. The first kappa shape index (κ1) is 24.2. The molecule has 0 aliphatic rings. The molecule has 0 amide bonds. The predicted octanol–water partition coefficient (Wildman–Crippen LogP) is 5.17. The summed E-state index contributed by atoms with van der Waals surface area (Å²) < 4.78 is 28.4. The summed E-state index contributed by atoms with van der Waals surface area (Å²) in [6.45, 7) is 3.66. The van der Waals surface area contributed by atoms with E-state index in [1.54, 1.807) is 0 Å². The molecule has 0 spiro atoms. The summed E-state index contributed by atoms with van der Waals surface area (Å²) in [5.74, 6) is -0.201. The molecule has 0 unspecified atom stereocenters. The van der Waals surface area contributed by atoms with Gasteiger partial charge >= 0.3 is 102 Å². The van der Waals surface area contributed by atoms with Crippen molar-refractivity contribution in [1.29, 1.82) is 0 Å². The van der Waals surface area contributed by atoms with Crippen LogP contribution < -0.4 is 0 Å². The maximum Gasteiger partial charge on any atom is 0.264 e. The molecule has 0 fully saturated rings. The first-order valence-electron chi connectivity index (χ1n) is 8.93. The predicted molar refractivity (Wildman–Crippen MR) is 93.7 cm³/mol. The third-order valence-electron chi connectivity index (χ3n) is 3.57. The minimum atomic E-state index is -3.66. The van der Waals surface area contributed by atoms with Crippen molar-refractivity contribution in [2.75, 3.05) is 5.75 Å². The molecule has 0 saturated heterocycles. The Hall–Kier alpha value is 0.910. The molecule has 0 radical (unpaired) electrons. The summed E-state index contributed by atoms with van der Waals surface area (Å²) in [6, 6.07) is 0. The Kier molecular flexibility index (Phi) is 21.8. The van der Waals surface area contributed by atoms with Crippen LogP contribution in [0.5, 0.6) is 0 Å². The fourth-order valence-electron chi connectivity index (χ4n) is 2.09. The topological polar surface area (TPSA) is 54.4 Å². The Balaban J connectivity index is 0. The molecule has 0 aliphatic heterocycles. The fraction of sp³-hybridized carbons (Fsp3) is 1.00. The number of hydrogen-bond acceptors (Lipinski definition) is 2. The van der Waals surface area contributed by atoms with E-state index in [1.807, 2.05) is 0 Å². The zero-order chi connectivity index (χ0) is 16.4. The monoisotopic (exact) mass is 330 g/mol. The van der Waals surface area contributed by atoms with E-state index in [1.165, 1.54) is 116 Å². The van der Waals surface area contributed by atoms with Crippen LogP contribution in [0, 0.1) is 0 Å². The molecule has 5 heteroatoms. The first-order valence-corrected chi connectivity index (χ1v) is 11.9. The van der Waals surface area contributed by atoms with Gasteiger partial charge in [0.1, 0.15) is 0 Å². The summed E-state index contributed by atoms with van der Waals surface area (Å²) in [5.41, 5.74) is 0.